The number of carbonyl (C=O) groups excluding carboxylic acids is 1. The summed E-state index contributed by atoms with van der Waals surface area (Å²) in [5, 5.41) is 0. The fourth-order valence-electron chi connectivity index (χ4n) is 7.37. The number of nitrogens with zero attached hydrogens (tertiary/aromatic N) is 2. The molecule has 0 aromatic heterocycles. The van der Waals surface area contributed by atoms with Crippen LogP contribution in [0.3, 0.4) is 0 Å². The van der Waals surface area contributed by atoms with Crippen molar-refractivity contribution >= 4 is 36.4 Å². The summed E-state index contributed by atoms with van der Waals surface area (Å²) in [6.07, 6.45) is 17.9. The Morgan fingerprint density at radius 3 is 2.59 bits per heavy atom. The Hall–Kier alpha value is -1.71. The van der Waals surface area contributed by atoms with Crippen LogP contribution in [0.5, 0.6) is 11.5 Å². The minimum Gasteiger partial charge on any atom is -0.483 e. The predicted molar refractivity (Wildman–Crippen MR) is 188 cm³/mol. The molecule has 0 N–H and O–H groups in total. The zero-order valence-electron chi connectivity index (χ0n) is 28.4. The van der Waals surface area contributed by atoms with Gasteiger partial charge in [0.1, 0.15) is 22.6 Å². The van der Waals surface area contributed by atoms with E-state index in [1.807, 2.05) is 0 Å². The van der Waals surface area contributed by atoms with Crippen LogP contribution in [0.1, 0.15) is 124 Å². The van der Waals surface area contributed by atoms with Crippen LogP contribution in [-0.2, 0) is 11.2 Å². The molecule has 3 aliphatic rings. The van der Waals surface area contributed by atoms with Gasteiger partial charge in [0.2, 0.25) is 0 Å². The lowest BCUT2D eigenvalue weighted by molar-refractivity contribution is -0.150. The van der Waals surface area contributed by atoms with Gasteiger partial charge in [-0.05, 0) is 108 Å². The number of likely N-dealkylation sites (tertiary alicyclic amines) is 1. The van der Waals surface area contributed by atoms with E-state index in [-0.39, 0.29) is 30.8 Å². The average Bonchev–Trinajstić information content (AvgIpc) is 2.95. The van der Waals surface area contributed by atoms with Gasteiger partial charge in [-0.15, -0.1) is 31.2 Å². The van der Waals surface area contributed by atoms with Gasteiger partial charge >= 0.3 is 5.97 Å². The fraction of sp³-hybridized carbons (Fsp3) is 0.703. The molecule has 0 saturated carbocycles. The number of rotatable bonds is 12. The summed E-state index contributed by atoms with van der Waals surface area (Å²) in [6.45, 7) is 18.6. The minimum absolute atomic E-state index is 0. The Morgan fingerprint density at radius 1 is 1.18 bits per heavy atom. The zero-order chi connectivity index (χ0) is 30.5. The number of benzene rings is 1. The number of piperidine rings is 1. The summed E-state index contributed by atoms with van der Waals surface area (Å²) in [7, 11) is 0. The van der Waals surface area contributed by atoms with Crippen molar-refractivity contribution < 1.29 is 14.3 Å². The smallest absolute Gasteiger partial charge is 0.331 e. The van der Waals surface area contributed by atoms with E-state index < -0.39 is 11.1 Å². The van der Waals surface area contributed by atoms with Crippen molar-refractivity contribution in [2.24, 2.45) is 5.92 Å². The number of unbranched alkanes of at least 4 members (excludes halogenated alkanes) is 2. The van der Waals surface area contributed by atoms with E-state index in [1.165, 1.54) is 48.8 Å². The van der Waals surface area contributed by atoms with E-state index in [9.17, 15) is 4.79 Å². The second-order valence-corrected chi connectivity index (χ2v) is 13.9. The number of ether oxygens (including phenoxy) is 2. The SMILES string of the molecule is C#CCN1CCC2=C(C1)c1c(OC(=O)C(C)(CC)N3CCCCC3C)cc(CCC(C)CCCCC)cc1OC2(C)C.Cl.Cl. The second-order valence-electron chi connectivity index (χ2n) is 13.9. The molecule has 0 amide bonds. The van der Waals surface area contributed by atoms with Crippen LogP contribution in [-0.4, -0.2) is 59.1 Å². The summed E-state index contributed by atoms with van der Waals surface area (Å²) < 4.78 is 13.3. The monoisotopic (exact) mass is 648 g/mol. The highest BCUT2D eigenvalue weighted by Gasteiger charge is 2.44. The lowest BCUT2D eigenvalue weighted by atomic mass is 9.81. The van der Waals surface area contributed by atoms with Crippen molar-refractivity contribution in [3.63, 3.8) is 0 Å². The molecule has 1 saturated heterocycles. The van der Waals surface area contributed by atoms with Crippen molar-refractivity contribution in [3.05, 3.63) is 28.8 Å². The molecule has 1 aromatic rings. The molecular weight excluding hydrogens is 591 g/mol. The molecule has 1 fully saturated rings. The molecule has 4 rings (SSSR count). The fourth-order valence-corrected chi connectivity index (χ4v) is 7.37. The minimum atomic E-state index is -0.676. The third-order valence-corrected chi connectivity index (χ3v) is 10.3. The first kappa shape index (κ1) is 38.5. The maximum atomic E-state index is 14.2. The Morgan fingerprint density at radius 2 is 1.93 bits per heavy atom. The number of hydrogen-bond donors (Lipinski definition) is 0. The number of aryl methyl sites for hydroxylation is 1. The molecule has 3 unspecified atom stereocenters. The zero-order valence-corrected chi connectivity index (χ0v) is 30.1. The lowest BCUT2D eigenvalue weighted by Gasteiger charge is -2.45. The van der Waals surface area contributed by atoms with Crippen molar-refractivity contribution in [3.8, 4) is 23.8 Å². The average molecular weight is 650 g/mol. The second kappa shape index (κ2) is 16.7. The number of hydrogen-bond acceptors (Lipinski definition) is 5. The molecule has 7 heteroatoms. The van der Waals surface area contributed by atoms with Crippen LogP contribution < -0.4 is 9.47 Å². The third kappa shape index (κ3) is 8.55. The molecule has 3 heterocycles. The van der Waals surface area contributed by atoms with E-state index in [0.29, 0.717) is 30.7 Å². The molecule has 3 aliphatic heterocycles. The van der Waals surface area contributed by atoms with E-state index in [0.717, 1.165) is 63.1 Å². The number of halogens is 2. The van der Waals surface area contributed by atoms with Crippen LogP contribution in [0, 0.1) is 18.3 Å². The highest BCUT2D eigenvalue weighted by Crippen LogP contribution is 2.49. The summed E-state index contributed by atoms with van der Waals surface area (Å²) in [6, 6.07) is 4.71. The van der Waals surface area contributed by atoms with Crippen molar-refractivity contribution in [1.29, 1.82) is 0 Å². The van der Waals surface area contributed by atoms with Crippen molar-refractivity contribution in [1.82, 2.24) is 9.80 Å². The Balaban J connectivity index is 0.00000337. The van der Waals surface area contributed by atoms with Gasteiger partial charge in [0, 0.05) is 19.1 Å². The van der Waals surface area contributed by atoms with E-state index in [1.54, 1.807) is 0 Å². The topological polar surface area (TPSA) is 42.0 Å². The van der Waals surface area contributed by atoms with Crippen molar-refractivity contribution in [2.75, 3.05) is 26.2 Å². The van der Waals surface area contributed by atoms with Gasteiger partial charge in [-0.2, -0.15) is 0 Å². The third-order valence-electron chi connectivity index (χ3n) is 10.3. The molecule has 1 aromatic carbocycles. The molecule has 3 atom stereocenters. The Bertz CT molecular complexity index is 1190. The number of terminal acetylenes is 1. The van der Waals surface area contributed by atoms with Crippen molar-refractivity contribution in [2.45, 2.75) is 136 Å². The Kier molecular flexibility index (Phi) is 14.6. The standard InChI is InChI=1S/C37H56N2O3.2ClH/c1-9-12-13-16-27(4)18-19-29-24-32(41-35(40)37(8,11-3)39-22-15-14-17-28(39)5)34-30-26-38(21-10-2)23-20-31(30)36(6,7)42-33(34)25-29;;/h2,24-25,27-28H,9,11-23,26H2,1,3-8H3;2*1H. The maximum absolute atomic E-state index is 14.2. The molecule has 0 radical (unpaired) electrons. The van der Waals surface area contributed by atoms with E-state index in [4.69, 9.17) is 15.9 Å². The highest BCUT2D eigenvalue weighted by molar-refractivity contribution is 5.87. The predicted octanol–water partition coefficient (Wildman–Crippen LogP) is 8.89. The molecule has 44 heavy (non-hydrogen) atoms. The first-order chi connectivity index (χ1) is 20.0. The molecule has 248 valence electrons. The highest BCUT2D eigenvalue weighted by atomic mass is 35.5. The van der Waals surface area contributed by atoms with Crippen LogP contribution in [0.2, 0.25) is 0 Å². The number of esters is 1. The first-order valence-electron chi connectivity index (χ1n) is 16.8. The maximum Gasteiger partial charge on any atom is 0.331 e. The van der Waals surface area contributed by atoms with Crippen LogP contribution >= 0.6 is 24.8 Å². The summed E-state index contributed by atoms with van der Waals surface area (Å²) in [4.78, 5) is 18.9. The van der Waals surface area contributed by atoms with Gasteiger partial charge in [-0.25, -0.2) is 4.79 Å². The van der Waals surface area contributed by atoms with Gasteiger partial charge < -0.3 is 9.47 Å². The summed E-state index contributed by atoms with van der Waals surface area (Å²) in [5.74, 6) is 4.82. The van der Waals surface area contributed by atoms with Crippen LogP contribution in [0.15, 0.2) is 17.7 Å². The van der Waals surface area contributed by atoms with Crippen LogP contribution in [0.4, 0.5) is 0 Å². The van der Waals surface area contributed by atoms with Gasteiger partial charge in [0.15, 0.2) is 0 Å². The summed E-state index contributed by atoms with van der Waals surface area (Å²) in [5.41, 5.74) is 3.54. The molecule has 5 nitrogen and oxygen atoms in total. The lowest BCUT2D eigenvalue weighted by Crippen LogP contribution is -2.58. The quantitative estimate of drug-likeness (QED) is 0.0980. The normalized spacial score (nSPS) is 21.7. The molecule has 0 spiro atoms. The van der Waals surface area contributed by atoms with Gasteiger partial charge in [-0.1, -0.05) is 58.8 Å². The number of carbonyl (C=O) groups is 1. The van der Waals surface area contributed by atoms with E-state index in [2.05, 4.69) is 76.3 Å². The molecular formula is C37H58Cl2N2O3. The van der Waals surface area contributed by atoms with Gasteiger partial charge in [0.25, 0.3) is 0 Å². The van der Waals surface area contributed by atoms with Crippen LogP contribution in [0.25, 0.3) is 5.57 Å². The number of fused-ring (bicyclic) bond motifs is 2. The largest absolute Gasteiger partial charge is 0.483 e. The first-order valence-corrected chi connectivity index (χ1v) is 16.8. The van der Waals surface area contributed by atoms with Gasteiger partial charge in [0.05, 0.1) is 12.1 Å². The molecule has 0 aliphatic carbocycles. The summed E-state index contributed by atoms with van der Waals surface area (Å²) >= 11 is 0. The molecule has 0 bridgehead atoms. The Labute approximate surface area is 280 Å². The van der Waals surface area contributed by atoms with Gasteiger partial charge in [-0.3, -0.25) is 9.80 Å². The van der Waals surface area contributed by atoms with E-state index >= 15 is 0 Å².